The molecule has 1 amide bonds. The quantitative estimate of drug-likeness (QED) is 0.677. The van der Waals surface area contributed by atoms with Crippen LogP contribution in [-0.4, -0.2) is 11.0 Å². The molecule has 3 nitrogen and oxygen atoms in total. The maximum Gasteiger partial charge on any atom is 0.223 e. The van der Waals surface area contributed by atoms with Crippen molar-refractivity contribution in [2.45, 2.75) is 77.2 Å². The molecule has 0 radical (unpaired) electrons. The van der Waals surface area contributed by atoms with Crippen molar-refractivity contribution in [1.29, 1.82) is 0 Å². The number of aromatic hydroxyl groups is 1. The molecule has 0 aromatic heterocycles. The number of hydrogen-bond donors (Lipinski definition) is 2. The number of aryl methyl sites for hydroxylation is 1. The molecule has 148 valence electrons. The zero-order valence-corrected chi connectivity index (χ0v) is 16.7. The largest absolute Gasteiger partial charge is 0.505 e. The molecule has 4 aliphatic carbocycles. The van der Waals surface area contributed by atoms with Gasteiger partial charge in [-0.25, -0.2) is 4.39 Å². The highest BCUT2D eigenvalue weighted by molar-refractivity contribution is 6.32. The summed E-state index contributed by atoms with van der Waals surface area (Å²) in [5, 5.41) is 14.2. The number of nitrogens with one attached hydrogen (secondary N) is 1. The first-order valence-corrected chi connectivity index (χ1v) is 10.8. The number of fused-ring (bicyclic) bond motifs is 3. The number of phenols is 1. The van der Waals surface area contributed by atoms with Gasteiger partial charge in [-0.15, -0.1) is 0 Å². The van der Waals surface area contributed by atoms with Crippen molar-refractivity contribution < 1.29 is 14.3 Å². The minimum atomic E-state index is -0.659. The summed E-state index contributed by atoms with van der Waals surface area (Å²) in [6.45, 7) is 1.75. The Labute approximate surface area is 165 Å². The molecular formula is C22H29ClFNO2. The number of rotatable bonds is 4. The summed E-state index contributed by atoms with van der Waals surface area (Å²) in [7, 11) is 0. The Morgan fingerprint density at radius 3 is 2.41 bits per heavy atom. The summed E-state index contributed by atoms with van der Waals surface area (Å²) >= 11 is 6.58. The zero-order valence-electron chi connectivity index (χ0n) is 16.0. The molecule has 5 heteroatoms. The first kappa shape index (κ1) is 19.0. The SMILES string of the molecule is Cc1cc(F)c(O)c([C@@H](NC(=O)C2CCCC2)C23CCC(CC2)CC3)c1Cl. The van der Waals surface area contributed by atoms with Gasteiger partial charge in [-0.05, 0) is 81.3 Å². The van der Waals surface area contributed by atoms with Gasteiger partial charge in [0.1, 0.15) is 0 Å². The van der Waals surface area contributed by atoms with Crippen LogP contribution in [0.3, 0.4) is 0 Å². The molecule has 0 heterocycles. The first-order valence-electron chi connectivity index (χ1n) is 10.4. The van der Waals surface area contributed by atoms with E-state index in [0.717, 1.165) is 70.1 Å². The van der Waals surface area contributed by atoms with Crippen LogP contribution < -0.4 is 5.32 Å². The monoisotopic (exact) mass is 393 g/mol. The van der Waals surface area contributed by atoms with Crippen LogP contribution in [0.4, 0.5) is 4.39 Å². The van der Waals surface area contributed by atoms with Crippen LogP contribution in [0.25, 0.3) is 0 Å². The van der Waals surface area contributed by atoms with Crippen molar-refractivity contribution in [3.63, 3.8) is 0 Å². The van der Waals surface area contributed by atoms with Crippen LogP contribution in [-0.2, 0) is 4.79 Å². The second kappa shape index (κ2) is 7.27. The lowest BCUT2D eigenvalue weighted by molar-refractivity contribution is -0.127. The Bertz CT molecular complexity index is 696. The van der Waals surface area contributed by atoms with Gasteiger partial charge in [0.25, 0.3) is 0 Å². The molecule has 27 heavy (non-hydrogen) atoms. The Balaban J connectivity index is 1.76. The van der Waals surface area contributed by atoms with Crippen molar-refractivity contribution >= 4 is 17.5 Å². The average Bonchev–Trinajstić information content (AvgIpc) is 3.22. The van der Waals surface area contributed by atoms with Crippen molar-refractivity contribution in [1.82, 2.24) is 5.32 Å². The molecule has 5 rings (SSSR count). The van der Waals surface area contributed by atoms with Gasteiger partial charge < -0.3 is 10.4 Å². The maximum atomic E-state index is 14.4. The van der Waals surface area contributed by atoms with E-state index in [1.165, 1.54) is 6.07 Å². The highest BCUT2D eigenvalue weighted by atomic mass is 35.5. The smallest absolute Gasteiger partial charge is 0.223 e. The molecule has 0 saturated heterocycles. The number of amides is 1. The molecule has 1 atom stereocenters. The molecule has 4 aliphatic rings. The molecule has 2 bridgehead atoms. The van der Waals surface area contributed by atoms with Gasteiger partial charge >= 0.3 is 0 Å². The average molecular weight is 394 g/mol. The lowest BCUT2D eigenvalue weighted by Gasteiger charge is -2.51. The maximum absolute atomic E-state index is 14.4. The van der Waals surface area contributed by atoms with Crippen LogP contribution in [0.5, 0.6) is 5.75 Å². The molecular weight excluding hydrogens is 365 g/mol. The van der Waals surface area contributed by atoms with Crippen molar-refractivity contribution in [2.75, 3.05) is 0 Å². The fourth-order valence-corrected chi connectivity index (χ4v) is 5.98. The van der Waals surface area contributed by atoms with Gasteiger partial charge in [-0.2, -0.15) is 0 Å². The topological polar surface area (TPSA) is 49.3 Å². The number of hydrogen-bond acceptors (Lipinski definition) is 2. The normalized spacial score (nSPS) is 29.1. The van der Waals surface area contributed by atoms with E-state index < -0.39 is 17.6 Å². The molecule has 1 aromatic carbocycles. The van der Waals surface area contributed by atoms with E-state index in [1.807, 2.05) is 0 Å². The minimum Gasteiger partial charge on any atom is -0.505 e. The predicted octanol–water partition coefficient (Wildman–Crippen LogP) is 5.81. The third kappa shape index (κ3) is 3.35. The van der Waals surface area contributed by atoms with Gasteiger partial charge in [0, 0.05) is 11.5 Å². The lowest BCUT2D eigenvalue weighted by Crippen LogP contribution is -2.47. The molecule has 2 N–H and O–H groups in total. The van der Waals surface area contributed by atoms with Gasteiger partial charge in [-0.3, -0.25) is 4.79 Å². The van der Waals surface area contributed by atoms with E-state index in [1.54, 1.807) is 6.92 Å². The number of halogens is 2. The Morgan fingerprint density at radius 2 is 1.81 bits per heavy atom. The van der Waals surface area contributed by atoms with Crippen molar-refractivity contribution in [3.05, 3.63) is 28.0 Å². The van der Waals surface area contributed by atoms with Gasteiger partial charge in [-0.1, -0.05) is 24.4 Å². The number of carbonyl (C=O) groups is 1. The molecule has 0 unspecified atom stereocenters. The Morgan fingerprint density at radius 1 is 1.22 bits per heavy atom. The van der Waals surface area contributed by atoms with Gasteiger partial charge in [0.05, 0.1) is 11.1 Å². The zero-order chi connectivity index (χ0) is 19.2. The molecule has 0 aliphatic heterocycles. The van der Waals surface area contributed by atoms with Crippen LogP contribution in [0.2, 0.25) is 5.02 Å². The second-order valence-electron chi connectivity index (χ2n) is 9.02. The predicted molar refractivity (Wildman–Crippen MR) is 104 cm³/mol. The summed E-state index contributed by atoms with van der Waals surface area (Å²) in [4.78, 5) is 13.0. The standard InChI is InChI=1S/C22H29ClFNO2/c1-13-12-16(24)19(26)17(18(13)23)20(25-21(27)15-4-2-3-5-15)22-9-6-14(7-10-22)8-11-22/h12,14-15,20,26H,2-11H2,1H3,(H,25,27)/t14?,20-,22?/m1/s1. The molecule has 4 saturated carbocycles. The summed E-state index contributed by atoms with van der Waals surface area (Å²) in [5.74, 6) is -0.218. The summed E-state index contributed by atoms with van der Waals surface area (Å²) < 4.78 is 14.4. The van der Waals surface area contributed by atoms with E-state index in [-0.39, 0.29) is 17.2 Å². The molecule has 4 fully saturated rings. The van der Waals surface area contributed by atoms with Crippen LogP contribution >= 0.6 is 11.6 Å². The van der Waals surface area contributed by atoms with E-state index in [0.29, 0.717) is 16.1 Å². The summed E-state index contributed by atoms with van der Waals surface area (Å²) in [6, 6.07) is 0.848. The second-order valence-corrected chi connectivity index (χ2v) is 9.40. The van der Waals surface area contributed by atoms with Gasteiger partial charge in [0.2, 0.25) is 5.91 Å². The number of carbonyl (C=O) groups excluding carboxylic acids is 1. The fraction of sp³-hybridized carbons (Fsp3) is 0.682. The summed E-state index contributed by atoms with van der Waals surface area (Å²) in [6.07, 6.45) is 10.4. The molecule has 1 aromatic rings. The van der Waals surface area contributed by atoms with Gasteiger partial charge in [0.15, 0.2) is 11.6 Å². The lowest BCUT2D eigenvalue weighted by atomic mass is 9.56. The van der Waals surface area contributed by atoms with Crippen LogP contribution in [0.1, 0.15) is 81.4 Å². The fourth-order valence-electron chi connectivity index (χ4n) is 5.73. The van der Waals surface area contributed by atoms with Crippen molar-refractivity contribution in [3.8, 4) is 5.75 Å². The van der Waals surface area contributed by atoms with Crippen molar-refractivity contribution in [2.24, 2.45) is 17.3 Å². The van der Waals surface area contributed by atoms with Crippen LogP contribution in [0, 0.1) is 30.0 Å². The highest BCUT2D eigenvalue weighted by Crippen LogP contribution is 2.58. The molecule has 0 spiro atoms. The van der Waals surface area contributed by atoms with E-state index in [9.17, 15) is 14.3 Å². The van der Waals surface area contributed by atoms with E-state index >= 15 is 0 Å². The van der Waals surface area contributed by atoms with Crippen LogP contribution in [0.15, 0.2) is 6.07 Å². The summed E-state index contributed by atoms with van der Waals surface area (Å²) in [5.41, 5.74) is 0.855. The minimum absolute atomic E-state index is 0.0272. The Hall–Kier alpha value is -1.29. The third-order valence-corrected chi connectivity index (χ3v) is 7.97. The van der Waals surface area contributed by atoms with E-state index in [4.69, 9.17) is 11.6 Å². The Kier molecular flexibility index (Phi) is 5.13. The third-order valence-electron chi connectivity index (χ3n) is 7.47. The van der Waals surface area contributed by atoms with E-state index in [2.05, 4.69) is 5.32 Å². The highest BCUT2D eigenvalue weighted by Gasteiger charge is 2.49. The number of phenolic OH excluding ortho intramolecular Hbond substituents is 1. The number of benzene rings is 1. The first-order chi connectivity index (χ1) is 12.9.